The highest BCUT2D eigenvalue weighted by Gasteiger charge is 2.43. The molecule has 5 nitrogen and oxygen atoms in total. The molecule has 6 heteroatoms. The van der Waals surface area contributed by atoms with Crippen LogP contribution in [0.5, 0.6) is 5.75 Å². The van der Waals surface area contributed by atoms with Crippen molar-refractivity contribution in [2.24, 2.45) is 5.41 Å². The van der Waals surface area contributed by atoms with E-state index in [1.807, 2.05) is 31.2 Å². The number of halogens is 1. The molecule has 0 radical (unpaired) electrons. The summed E-state index contributed by atoms with van der Waals surface area (Å²) in [6, 6.07) is 13.6. The van der Waals surface area contributed by atoms with Crippen LogP contribution in [0, 0.1) is 11.2 Å². The maximum atomic E-state index is 13.3. The third-order valence-corrected chi connectivity index (χ3v) is 6.16. The molecule has 0 fully saturated rings. The van der Waals surface area contributed by atoms with E-state index < -0.39 is 11.9 Å². The number of esters is 1. The van der Waals surface area contributed by atoms with E-state index in [-0.39, 0.29) is 23.6 Å². The van der Waals surface area contributed by atoms with E-state index in [0.717, 1.165) is 23.2 Å². The molecule has 33 heavy (non-hydrogen) atoms. The fourth-order valence-electron chi connectivity index (χ4n) is 4.68. The van der Waals surface area contributed by atoms with Crippen LogP contribution < -0.4 is 10.1 Å². The standard InChI is InChI=1S/C27H28FNO4/c1-16-23(26(31)32-4)24(25-21(29-16)13-27(2,3)14-22(25)30)18-6-5-7-20(12-18)33-15-17-8-10-19(28)11-9-17/h5-12,24,29H,13-15H2,1-4H3/t24-/m1/s1. The van der Waals surface area contributed by atoms with E-state index >= 15 is 0 Å². The minimum Gasteiger partial charge on any atom is -0.489 e. The number of hydrogen-bond donors (Lipinski definition) is 1. The van der Waals surface area contributed by atoms with E-state index in [9.17, 15) is 14.0 Å². The molecule has 0 aromatic heterocycles. The van der Waals surface area contributed by atoms with Gasteiger partial charge in [-0.2, -0.15) is 0 Å². The average Bonchev–Trinajstić information content (AvgIpc) is 2.76. The van der Waals surface area contributed by atoms with Crippen LogP contribution in [0.1, 0.15) is 50.7 Å². The summed E-state index contributed by atoms with van der Waals surface area (Å²) in [5.41, 5.74) is 4.07. The van der Waals surface area contributed by atoms with Crippen molar-refractivity contribution in [1.29, 1.82) is 0 Å². The number of dihydropyridines is 1. The van der Waals surface area contributed by atoms with Gasteiger partial charge < -0.3 is 14.8 Å². The van der Waals surface area contributed by atoms with Crippen molar-refractivity contribution in [2.45, 2.75) is 46.1 Å². The van der Waals surface area contributed by atoms with Crippen molar-refractivity contribution < 1.29 is 23.5 Å². The summed E-state index contributed by atoms with van der Waals surface area (Å²) in [5.74, 6) is -0.666. The molecule has 0 amide bonds. The topological polar surface area (TPSA) is 64.6 Å². The molecule has 2 aliphatic rings. The highest BCUT2D eigenvalue weighted by Crippen LogP contribution is 2.47. The number of rotatable bonds is 5. The number of carbonyl (C=O) groups is 2. The predicted octanol–water partition coefficient (Wildman–Crippen LogP) is 5.18. The van der Waals surface area contributed by atoms with Gasteiger partial charge in [-0.05, 0) is 54.2 Å². The molecule has 2 aromatic carbocycles. The lowest BCUT2D eigenvalue weighted by Crippen LogP contribution is -2.38. The quantitative estimate of drug-likeness (QED) is 0.637. The lowest BCUT2D eigenvalue weighted by molar-refractivity contribution is -0.136. The minimum absolute atomic E-state index is 0.0327. The molecular formula is C27H28FNO4. The number of hydrogen-bond acceptors (Lipinski definition) is 5. The molecule has 172 valence electrons. The second-order valence-corrected chi connectivity index (χ2v) is 9.41. The zero-order chi connectivity index (χ0) is 23.8. The first kappa shape index (κ1) is 22.8. The van der Waals surface area contributed by atoms with Gasteiger partial charge in [0.25, 0.3) is 0 Å². The van der Waals surface area contributed by atoms with Crippen LogP contribution in [0.25, 0.3) is 0 Å². The molecule has 1 heterocycles. The van der Waals surface area contributed by atoms with Crippen molar-refractivity contribution in [3.05, 3.63) is 88.0 Å². The number of ether oxygens (including phenoxy) is 2. The summed E-state index contributed by atoms with van der Waals surface area (Å²) < 4.78 is 24.2. The molecule has 0 saturated carbocycles. The summed E-state index contributed by atoms with van der Waals surface area (Å²) in [6.07, 6.45) is 1.13. The molecule has 4 rings (SSSR count). The number of methoxy groups -OCH3 is 1. The highest BCUT2D eigenvalue weighted by molar-refractivity contribution is 6.04. The molecule has 1 aliphatic heterocycles. The van der Waals surface area contributed by atoms with Gasteiger partial charge in [0.15, 0.2) is 5.78 Å². The number of Topliss-reactive ketones (excluding diaryl/α,β-unsaturated/α-hetero) is 1. The van der Waals surface area contributed by atoms with Gasteiger partial charge in [0, 0.05) is 29.3 Å². The number of carbonyl (C=O) groups excluding carboxylic acids is 2. The zero-order valence-electron chi connectivity index (χ0n) is 19.3. The third kappa shape index (κ3) is 4.70. The number of nitrogens with one attached hydrogen (secondary N) is 1. The first-order valence-corrected chi connectivity index (χ1v) is 11.0. The first-order chi connectivity index (χ1) is 15.7. The summed E-state index contributed by atoms with van der Waals surface area (Å²) in [7, 11) is 1.34. The van der Waals surface area contributed by atoms with Crippen LogP contribution in [0.4, 0.5) is 4.39 Å². The Kier molecular flexibility index (Phi) is 6.11. The van der Waals surface area contributed by atoms with E-state index in [2.05, 4.69) is 19.2 Å². The first-order valence-electron chi connectivity index (χ1n) is 11.0. The van der Waals surface area contributed by atoms with Gasteiger partial charge in [0.1, 0.15) is 18.2 Å². The lowest BCUT2D eigenvalue weighted by Gasteiger charge is -2.39. The number of benzene rings is 2. The molecule has 0 saturated heterocycles. The lowest BCUT2D eigenvalue weighted by atomic mass is 9.68. The van der Waals surface area contributed by atoms with Crippen LogP contribution in [-0.4, -0.2) is 18.9 Å². The summed E-state index contributed by atoms with van der Waals surface area (Å²) >= 11 is 0. The van der Waals surface area contributed by atoms with E-state index in [1.165, 1.54) is 19.2 Å². The Hall–Kier alpha value is -3.41. The SMILES string of the molecule is COC(=O)C1=C(C)NC2=C(C(=O)CC(C)(C)C2)[C@@H]1c1cccc(OCc2ccc(F)cc2)c1. The molecule has 2 aromatic rings. The Morgan fingerprint density at radius 2 is 1.88 bits per heavy atom. The average molecular weight is 450 g/mol. The molecule has 1 atom stereocenters. The zero-order valence-corrected chi connectivity index (χ0v) is 19.3. The van der Waals surface area contributed by atoms with E-state index in [1.54, 1.807) is 12.1 Å². The largest absolute Gasteiger partial charge is 0.489 e. The second kappa shape index (κ2) is 8.85. The molecule has 1 aliphatic carbocycles. The summed E-state index contributed by atoms with van der Waals surface area (Å²) in [6.45, 7) is 6.26. The van der Waals surface area contributed by atoms with E-state index in [0.29, 0.717) is 29.0 Å². The summed E-state index contributed by atoms with van der Waals surface area (Å²) in [4.78, 5) is 26.1. The maximum absolute atomic E-state index is 13.3. The number of ketones is 1. The van der Waals surface area contributed by atoms with Crippen molar-refractivity contribution in [2.75, 3.05) is 7.11 Å². The van der Waals surface area contributed by atoms with Crippen LogP contribution in [0.15, 0.2) is 71.1 Å². The fraction of sp³-hybridized carbons (Fsp3) is 0.333. The van der Waals surface area contributed by atoms with Gasteiger partial charge in [0.05, 0.1) is 12.7 Å². The second-order valence-electron chi connectivity index (χ2n) is 9.41. The van der Waals surface area contributed by atoms with Crippen molar-refractivity contribution in [1.82, 2.24) is 5.32 Å². The smallest absolute Gasteiger partial charge is 0.336 e. The number of allylic oxidation sites excluding steroid dienone is 3. The van der Waals surface area contributed by atoms with Crippen LogP contribution in [0.3, 0.4) is 0 Å². The Balaban J connectivity index is 1.72. The predicted molar refractivity (Wildman–Crippen MR) is 123 cm³/mol. The van der Waals surface area contributed by atoms with Crippen molar-refractivity contribution >= 4 is 11.8 Å². The highest BCUT2D eigenvalue weighted by atomic mass is 19.1. The Morgan fingerprint density at radius 3 is 2.58 bits per heavy atom. The molecule has 0 bridgehead atoms. The Labute approximate surface area is 193 Å². The van der Waals surface area contributed by atoms with Gasteiger partial charge >= 0.3 is 5.97 Å². The van der Waals surface area contributed by atoms with Crippen LogP contribution in [0.2, 0.25) is 0 Å². The van der Waals surface area contributed by atoms with Gasteiger partial charge in [-0.25, -0.2) is 9.18 Å². The van der Waals surface area contributed by atoms with Gasteiger partial charge in [-0.15, -0.1) is 0 Å². The monoisotopic (exact) mass is 449 g/mol. The molecule has 0 spiro atoms. The molecule has 1 N–H and O–H groups in total. The minimum atomic E-state index is -0.535. The summed E-state index contributed by atoms with van der Waals surface area (Å²) in [5, 5.41) is 3.31. The van der Waals surface area contributed by atoms with Gasteiger partial charge in [0.2, 0.25) is 0 Å². The van der Waals surface area contributed by atoms with Gasteiger partial charge in [-0.3, -0.25) is 4.79 Å². The van der Waals surface area contributed by atoms with Crippen LogP contribution in [-0.2, 0) is 20.9 Å². The Morgan fingerprint density at radius 1 is 1.15 bits per heavy atom. The normalized spacial score (nSPS) is 19.7. The maximum Gasteiger partial charge on any atom is 0.336 e. The fourth-order valence-corrected chi connectivity index (χ4v) is 4.68. The van der Waals surface area contributed by atoms with Gasteiger partial charge in [-0.1, -0.05) is 38.1 Å². The van der Waals surface area contributed by atoms with Crippen molar-refractivity contribution in [3.8, 4) is 5.75 Å². The van der Waals surface area contributed by atoms with Crippen LogP contribution >= 0.6 is 0 Å². The van der Waals surface area contributed by atoms with Crippen molar-refractivity contribution in [3.63, 3.8) is 0 Å². The van der Waals surface area contributed by atoms with E-state index in [4.69, 9.17) is 9.47 Å². The third-order valence-electron chi connectivity index (χ3n) is 6.16. The Bertz CT molecular complexity index is 1160. The molecular weight excluding hydrogens is 421 g/mol. The molecule has 0 unspecified atom stereocenters.